The second-order valence-electron chi connectivity index (χ2n) is 5.49. The van der Waals surface area contributed by atoms with Crippen LogP contribution in [0.1, 0.15) is 24.6 Å². The minimum atomic E-state index is -0.868. The average molecular weight is 298 g/mol. The van der Waals surface area contributed by atoms with Gasteiger partial charge in [0.15, 0.2) is 5.82 Å². The topological polar surface area (TPSA) is 79.2 Å². The van der Waals surface area contributed by atoms with Crippen LogP contribution in [0.15, 0.2) is 24.4 Å². The zero-order valence-electron chi connectivity index (χ0n) is 12.7. The minimum absolute atomic E-state index is 0.556. The molecule has 22 heavy (non-hydrogen) atoms. The van der Waals surface area contributed by atoms with E-state index in [-0.39, 0.29) is 0 Å². The van der Waals surface area contributed by atoms with Gasteiger partial charge >= 0.3 is 5.97 Å². The van der Waals surface area contributed by atoms with E-state index in [2.05, 4.69) is 15.0 Å². The Bertz CT molecular complexity index is 703. The van der Waals surface area contributed by atoms with Crippen LogP contribution in [0, 0.1) is 0 Å². The van der Waals surface area contributed by atoms with E-state index in [4.69, 9.17) is 0 Å². The number of rotatable bonds is 4. The summed E-state index contributed by atoms with van der Waals surface area (Å²) in [5.41, 5.74) is 2.78. The second-order valence-corrected chi connectivity index (χ2v) is 5.49. The maximum absolute atomic E-state index is 11.3. The van der Waals surface area contributed by atoms with Crippen LogP contribution in [-0.4, -0.2) is 39.1 Å². The first-order valence-electron chi connectivity index (χ1n) is 7.34. The molecule has 1 aliphatic carbocycles. The quantitative estimate of drug-likeness (QED) is 0.929. The number of carboxylic acid groups (broad SMARTS) is 1. The van der Waals surface area contributed by atoms with E-state index in [0.717, 1.165) is 30.5 Å². The number of nitrogens with zero attached hydrogens (tertiary/aromatic N) is 4. The maximum atomic E-state index is 11.3. The standard InChI is InChI=1S/C16H18N4O2/c1-10(16(21)22)20(2)15-11-6-5-8-12(11)18-14(19-15)13-7-3-4-9-17-13/h3-4,7,9-10H,5-6,8H2,1-2H3,(H,21,22). The van der Waals surface area contributed by atoms with Gasteiger partial charge in [0.2, 0.25) is 0 Å². The molecule has 6 nitrogen and oxygen atoms in total. The highest BCUT2D eigenvalue weighted by Gasteiger charge is 2.26. The number of pyridine rings is 1. The fourth-order valence-electron chi connectivity index (χ4n) is 2.66. The lowest BCUT2D eigenvalue weighted by atomic mass is 10.2. The Labute approximate surface area is 128 Å². The summed E-state index contributed by atoms with van der Waals surface area (Å²) in [5, 5.41) is 9.25. The third-order valence-corrected chi connectivity index (χ3v) is 4.08. The fraction of sp³-hybridized carbons (Fsp3) is 0.375. The van der Waals surface area contributed by atoms with Crippen molar-refractivity contribution < 1.29 is 9.90 Å². The first-order valence-corrected chi connectivity index (χ1v) is 7.34. The Kier molecular flexibility index (Phi) is 3.75. The molecular formula is C16H18N4O2. The monoisotopic (exact) mass is 298 g/mol. The van der Waals surface area contributed by atoms with E-state index in [9.17, 15) is 9.90 Å². The molecule has 114 valence electrons. The lowest BCUT2D eigenvalue weighted by Crippen LogP contribution is -2.37. The van der Waals surface area contributed by atoms with Gasteiger partial charge in [-0.1, -0.05) is 6.07 Å². The normalized spacial score (nSPS) is 14.5. The molecule has 3 rings (SSSR count). The van der Waals surface area contributed by atoms with Crippen molar-refractivity contribution in [2.75, 3.05) is 11.9 Å². The second kappa shape index (κ2) is 5.71. The lowest BCUT2D eigenvalue weighted by molar-refractivity contribution is -0.138. The minimum Gasteiger partial charge on any atom is -0.480 e. The molecule has 0 radical (unpaired) electrons. The van der Waals surface area contributed by atoms with E-state index in [1.54, 1.807) is 25.1 Å². The van der Waals surface area contributed by atoms with Crippen molar-refractivity contribution in [3.05, 3.63) is 35.7 Å². The third kappa shape index (κ3) is 2.52. The molecule has 1 unspecified atom stereocenters. The smallest absolute Gasteiger partial charge is 0.326 e. The number of anilines is 1. The summed E-state index contributed by atoms with van der Waals surface area (Å²) >= 11 is 0. The lowest BCUT2D eigenvalue weighted by Gasteiger charge is -2.25. The summed E-state index contributed by atoms with van der Waals surface area (Å²) in [6, 6.07) is 4.95. The number of aromatic nitrogens is 3. The number of hydrogen-bond acceptors (Lipinski definition) is 5. The number of carbonyl (C=O) groups is 1. The molecule has 0 amide bonds. The predicted octanol–water partition coefficient (Wildman–Crippen LogP) is 1.94. The first kappa shape index (κ1) is 14.4. The van der Waals surface area contributed by atoms with Crippen LogP contribution in [-0.2, 0) is 17.6 Å². The molecule has 0 spiro atoms. The van der Waals surface area contributed by atoms with Crippen molar-refractivity contribution in [2.24, 2.45) is 0 Å². The molecule has 0 saturated carbocycles. The van der Waals surface area contributed by atoms with Crippen LogP contribution in [0.4, 0.5) is 5.82 Å². The van der Waals surface area contributed by atoms with Crippen LogP contribution in [0.5, 0.6) is 0 Å². The number of carboxylic acids is 1. The Balaban J connectivity index is 2.09. The molecular weight excluding hydrogens is 280 g/mol. The van der Waals surface area contributed by atoms with Crippen LogP contribution >= 0.6 is 0 Å². The number of aryl methyl sites for hydroxylation is 1. The van der Waals surface area contributed by atoms with Crippen molar-refractivity contribution in [3.63, 3.8) is 0 Å². The average Bonchev–Trinajstić information content (AvgIpc) is 3.01. The van der Waals surface area contributed by atoms with Gasteiger partial charge in [-0.2, -0.15) is 0 Å². The Morgan fingerprint density at radius 1 is 1.32 bits per heavy atom. The van der Waals surface area contributed by atoms with Gasteiger partial charge in [-0.05, 0) is 38.3 Å². The predicted molar refractivity (Wildman–Crippen MR) is 82.8 cm³/mol. The summed E-state index contributed by atoms with van der Waals surface area (Å²) in [7, 11) is 1.77. The summed E-state index contributed by atoms with van der Waals surface area (Å²) in [4.78, 5) is 26.5. The molecule has 2 aromatic heterocycles. The van der Waals surface area contributed by atoms with Crippen LogP contribution in [0.2, 0.25) is 0 Å². The van der Waals surface area contributed by atoms with Gasteiger partial charge in [-0.15, -0.1) is 0 Å². The van der Waals surface area contributed by atoms with Crippen molar-refractivity contribution in [1.29, 1.82) is 0 Å². The number of likely N-dealkylation sites (N-methyl/N-ethyl adjacent to an activating group) is 1. The maximum Gasteiger partial charge on any atom is 0.326 e. The first-order chi connectivity index (χ1) is 10.6. The van der Waals surface area contributed by atoms with Crippen molar-refractivity contribution in [1.82, 2.24) is 15.0 Å². The molecule has 2 heterocycles. The van der Waals surface area contributed by atoms with Gasteiger partial charge in [0, 0.05) is 24.5 Å². The van der Waals surface area contributed by atoms with Crippen molar-refractivity contribution in [2.45, 2.75) is 32.2 Å². The molecule has 0 bridgehead atoms. The van der Waals surface area contributed by atoms with Crippen LogP contribution < -0.4 is 4.90 Å². The number of hydrogen-bond donors (Lipinski definition) is 1. The Morgan fingerprint density at radius 3 is 2.82 bits per heavy atom. The highest BCUT2D eigenvalue weighted by Crippen LogP contribution is 2.31. The number of aliphatic carboxylic acids is 1. The molecule has 1 atom stereocenters. The molecule has 0 fully saturated rings. The molecule has 0 aliphatic heterocycles. The van der Waals surface area contributed by atoms with E-state index >= 15 is 0 Å². The zero-order chi connectivity index (χ0) is 15.7. The molecule has 2 aromatic rings. The van der Waals surface area contributed by atoms with Crippen LogP contribution in [0.25, 0.3) is 11.5 Å². The molecule has 1 aliphatic rings. The summed E-state index contributed by atoms with van der Waals surface area (Å²) in [5.74, 6) is 0.394. The highest BCUT2D eigenvalue weighted by molar-refractivity contribution is 5.77. The molecule has 0 aromatic carbocycles. The van der Waals surface area contributed by atoms with Gasteiger partial charge in [-0.3, -0.25) is 4.98 Å². The summed E-state index contributed by atoms with van der Waals surface area (Å²) in [6.07, 6.45) is 4.52. The largest absolute Gasteiger partial charge is 0.480 e. The van der Waals surface area contributed by atoms with Crippen molar-refractivity contribution in [3.8, 4) is 11.5 Å². The SMILES string of the molecule is CC(C(=O)O)N(C)c1nc(-c2ccccn2)nc2c1CCC2. The van der Waals surface area contributed by atoms with E-state index in [1.165, 1.54) is 0 Å². The molecule has 1 N–H and O–H groups in total. The van der Waals surface area contributed by atoms with Gasteiger partial charge in [0.25, 0.3) is 0 Å². The Morgan fingerprint density at radius 2 is 2.14 bits per heavy atom. The van der Waals surface area contributed by atoms with Gasteiger partial charge < -0.3 is 10.0 Å². The van der Waals surface area contributed by atoms with E-state index in [0.29, 0.717) is 17.3 Å². The Hall–Kier alpha value is -2.50. The van der Waals surface area contributed by atoms with Crippen LogP contribution in [0.3, 0.4) is 0 Å². The zero-order valence-corrected chi connectivity index (χ0v) is 12.7. The van der Waals surface area contributed by atoms with Gasteiger partial charge in [-0.25, -0.2) is 14.8 Å². The van der Waals surface area contributed by atoms with Gasteiger partial charge in [0.05, 0.1) is 0 Å². The van der Waals surface area contributed by atoms with Crippen molar-refractivity contribution >= 4 is 11.8 Å². The number of fused-ring (bicyclic) bond motifs is 1. The summed E-state index contributed by atoms with van der Waals surface area (Å²) in [6.45, 7) is 1.66. The van der Waals surface area contributed by atoms with E-state index in [1.807, 2.05) is 18.2 Å². The van der Waals surface area contributed by atoms with E-state index < -0.39 is 12.0 Å². The van der Waals surface area contributed by atoms with Gasteiger partial charge in [0.1, 0.15) is 17.6 Å². The molecule has 6 heteroatoms. The molecule has 0 saturated heterocycles. The fourth-order valence-corrected chi connectivity index (χ4v) is 2.66. The summed E-state index contributed by atoms with van der Waals surface area (Å²) < 4.78 is 0. The highest BCUT2D eigenvalue weighted by atomic mass is 16.4. The third-order valence-electron chi connectivity index (χ3n) is 4.08.